The molecule has 1 aliphatic heterocycles. The van der Waals surface area contributed by atoms with Crippen molar-refractivity contribution in [2.24, 2.45) is 0 Å². The smallest absolute Gasteiger partial charge is 0.268 e. The zero-order valence-corrected chi connectivity index (χ0v) is 15.2. The van der Waals surface area contributed by atoms with E-state index in [1.165, 1.54) is 4.90 Å². The van der Waals surface area contributed by atoms with Crippen LogP contribution in [0.25, 0.3) is 6.08 Å². The molecule has 0 aliphatic carbocycles. The molecule has 0 bridgehead atoms. The van der Waals surface area contributed by atoms with Gasteiger partial charge in [-0.25, -0.2) is 0 Å². The maximum atomic E-state index is 12.5. The molecule has 1 aromatic heterocycles. The van der Waals surface area contributed by atoms with Gasteiger partial charge >= 0.3 is 0 Å². The van der Waals surface area contributed by atoms with Crippen molar-refractivity contribution in [3.8, 4) is 0 Å². The third-order valence-corrected chi connectivity index (χ3v) is 5.84. The highest BCUT2D eigenvalue weighted by molar-refractivity contribution is 8.18. The minimum Gasteiger partial charge on any atom is -0.268 e. The number of hydrogen-bond donors (Lipinski definition) is 0. The van der Waals surface area contributed by atoms with Gasteiger partial charge in [0.1, 0.15) is 0 Å². The highest BCUT2D eigenvalue weighted by Crippen LogP contribution is 2.35. The van der Waals surface area contributed by atoms with Crippen molar-refractivity contribution in [1.29, 1.82) is 0 Å². The van der Waals surface area contributed by atoms with Gasteiger partial charge in [0.25, 0.3) is 11.1 Å². The van der Waals surface area contributed by atoms with E-state index in [4.69, 9.17) is 23.2 Å². The van der Waals surface area contributed by atoms with Crippen molar-refractivity contribution < 1.29 is 9.59 Å². The lowest BCUT2D eigenvalue weighted by Gasteiger charge is -2.13. The van der Waals surface area contributed by atoms with Crippen LogP contribution in [0.5, 0.6) is 0 Å². The largest absolute Gasteiger partial charge is 0.293 e. The summed E-state index contributed by atoms with van der Waals surface area (Å²) in [5.74, 6) is -0.293. The summed E-state index contributed by atoms with van der Waals surface area (Å²) in [6, 6.07) is 6.99. The van der Waals surface area contributed by atoms with Crippen LogP contribution < -0.4 is 0 Å². The van der Waals surface area contributed by atoms with Crippen LogP contribution in [0, 0.1) is 6.92 Å². The first kappa shape index (κ1) is 16.6. The molecular weight excluding hydrogens is 373 g/mol. The summed E-state index contributed by atoms with van der Waals surface area (Å²) >= 11 is 14.5. The maximum Gasteiger partial charge on any atom is 0.293 e. The molecule has 0 unspecified atom stereocenters. The van der Waals surface area contributed by atoms with E-state index in [9.17, 15) is 9.59 Å². The number of benzene rings is 1. The molecule has 23 heavy (non-hydrogen) atoms. The molecule has 1 fully saturated rings. The van der Waals surface area contributed by atoms with E-state index in [2.05, 4.69) is 0 Å². The summed E-state index contributed by atoms with van der Waals surface area (Å²) in [6.07, 6.45) is 1.77. The molecule has 0 atom stereocenters. The SMILES string of the molecule is Cc1ccsc1/C=C1\SC(=O)N(Cc2ccc(Cl)cc2Cl)C1=O. The van der Waals surface area contributed by atoms with Gasteiger partial charge < -0.3 is 0 Å². The fraction of sp³-hybridized carbons (Fsp3) is 0.125. The standard InChI is InChI=1S/C16H11Cl2NO2S2/c1-9-4-5-22-13(9)7-14-15(20)19(16(21)23-14)8-10-2-3-11(17)6-12(10)18/h2-7H,8H2,1H3/b14-7-. The molecule has 2 amide bonds. The number of amides is 2. The second-order valence-electron chi connectivity index (χ2n) is 4.97. The number of thioether (sulfide) groups is 1. The van der Waals surface area contributed by atoms with E-state index in [1.54, 1.807) is 35.6 Å². The van der Waals surface area contributed by atoms with Gasteiger partial charge in [-0.15, -0.1) is 11.3 Å². The second-order valence-corrected chi connectivity index (χ2v) is 7.76. The Bertz CT molecular complexity index is 829. The first-order valence-corrected chi connectivity index (χ1v) is 9.14. The van der Waals surface area contributed by atoms with Crippen molar-refractivity contribution in [2.45, 2.75) is 13.5 Å². The van der Waals surface area contributed by atoms with Crippen molar-refractivity contribution in [2.75, 3.05) is 0 Å². The van der Waals surface area contributed by atoms with Gasteiger partial charge in [0, 0.05) is 14.9 Å². The molecule has 0 saturated carbocycles. The lowest BCUT2D eigenvalue weighted by atomic mass is 10.2. The Hall–Kier alpha value is -1.27. The maximum absolute atomic E-state index is 12.5. The fourth-order valence-electron chi connectivity index (χ4n) is 2.11. The first-order valence-electron chi connectivity index (χ1n) is 6.69. The van der Waals surface area contributed by atoms with Gasteiger partial charge in [0.05, 0.1) is 11.4 Å². The third-order valence-electron chi connectivity index (χ3n) is 3.38. The molecule has 2 heterocycles. The van der Waals surface area contributed by atoms with E-state index in [-0.39, 0.29) is 17.7 Å². The van der Waals surface area contributed by atoms with Crippen LogP contribution in [-0.4, -0.2) is 16.0 Å². The number of imide groups is 1. The Morgan fingerprint density at radius 1 is 1.22 bits per heavy atom. The molecule has 0 N–H and O–H groups in total. The summed E-state index contributed by atoms with van der Waals surface area (Å²) in [4.78, 5) is 27.3. The van der Waals surface area contributed by atoms with Crippen LogP contribution in [0.15, 0.2) is 34.6 Å². The summed E-state index contributed by atoms with van der Waals surface area (Å²) < 4.78 is 0. The van der Waals surface area contributed by atoms with E-state index in [0.29, 0.717) is 20.5 Å². The number of rotatable bonds is 3. The number of aryl methyl sites for hydroxylation is 1. The van der Waals surface area contributed by atoms with E-state index in [1.807, 2.05) is 18.4 Å². The van der Waals surface area contributed by atoms with Crippen molar-refractivity contribution in [1.82, 2.24) is 4.90 Å². The zero-order chi connectivity index (χ0) is 16.6. The second kappa shape index (κ2) is 6.69. The lowest BCUT2D eigenvalue weighted by Crippen LogP contribution is -2.27. The molecule has 1 aromatic carbocycles. The average molecular weight is 384 g/mol. The minimum absolute atomic E-state index is 0.140. The van der Waals surface area contributed by atoms with Crippen molar-refractivity contribution in [3.05, 3.63) is 60.6 Å². The lowest BCUT2D eigenvalue weighted by molar-refractivity contribution is -0.123. The van der Waals surface area contributed by atoms with Crippen LogP contribution in [0.2, 0.25) is 10.0 Å². The quantitative estimate of drug-likeness (QED) is 0.647. The van der Waals surface area contributed by atoms with Crippen molar-refractivity contribution in [3.63, 3.8) is 0 Å². The number of hydrogen-bond acceptors (Lipinski definition) is 4. The monoisotopic (exact) mass is 383 g/mol. The molecule has 1 saturated heterocycles. The molecule has 3 nitrogen and oxygen atoms in total. The van der Waals surface area contributed by atoms with Gasteiger partial charge in [0.15, 0.2) is 0 Å². The Labute approximate surface area is 151 Å². The number of nitrogens with zero attached hydrogens (tertiary/aromatic N) is 1. The number of halogens is 2. The van der Waals surface area contributed by atoms with Gasteiger partial charge in [-0.05, 0) is 59.5 Å². The topological polar surface area (TPSA) is 37.4 Å². The molecular formula is C16H11Cl2NO2S2. The fourth-order valence-corrected chi connectivity index (χ4v) is 4.33. The molecule has 7 heteroatoms. The Balaban J connectivity index is 1.84. The summed E-state index contributed by atoms with van der Waals surface area (Å²) in [6.45, 7) is 2.11. The van der Waals surface area contributed by atoms with Crippen LogP contribution in [0.1, 0.15) is 16.0 Å². The van der Waals surface area contributed by atoms with Crippen LogP contribution in [0.3, 0.4) is 0 Å². The number of carbonyl (C=O) groups is 2. The zero-order valence-electron chi connectivity index (χ0n) is 12.0. The molecule has 0 spiro atoms. The Kier molecular flexibility index (Phi) is 4.82. The highest BCUT2D eigenvalue weighted by atomic mass is 35.5. The Morgan fingerprint density at radius 3 is 2.65 bits per heavy atom. The number of thiophene rings is 1. The van der Waals surface area contributed by atoms with E-state index >= 15 is 0 Å². The first-order chi connectivity index (χ1) is 11.0. The molecule has 3 rings (SSSR count). The highest BCUT2D eigenvalue weighted by Gasteiger charge is 2.35. The van der Waals surface area contributed by atoms with Gasteiger partial charge in [0.2, 0.25) is 0 Å². The predicted molar refractivity (Wildman–Crippen MR) is 97.0 cm³/mol. The van der Waals surface area contributed by atoms with E-state index in [0.717, 1.165) is 22.2 Å². The van der Waals surface area contributed by atoms with Crippen LogP contribution in [-0.2, 0) is 11.3 Å². The minimum atomic E-state index is -0.293. The predicted octanol–water partition coefficient (Wildman–Crippen LogP) is 5.60. The van der Waals surface area contributed by atoms with Crippen LogP contribution in [0.4, 0.5) is 4.79 Å². The van der Waals surface area contributed by atoms with Gasteiger partial charge in [-0.1, -0.05) is 29.3 Å². The van der Waals surface area contributed by atoms with Crippen molar-refractivity contribution >= 4 is 63.5 Å². The number of carbonyl (C=O) groups excluding carboxylic acids is 2. The van der Waals surface area contributed by atoms with Crippen LogP contribution >= 0.6 is 46.3 Å². The summed E-state index contributed by atoms with van der Waals surface area (Å²) in [5.41, 5.74) is 1.77. The average Bonchev–Trinajstić information content (AvgIpc) is 3.00. The normalized spacial score (nSPS) is 16.7. The van der Waals surface area contributed by atoms with E-state index < -0.39 is 0 Å². The molecule has 0 radical (unpaired) electrons. The Morgan fingerprint density at radius 2 is 2.00 bits per heavy atom. The molecule has 1 aliphatic rings. The summed E-state index contributed by atoms with van der Waals surface area (Å²) in [7, 11) is 0. The summed E-state index contributed by atoms with van der Waals surface area (Å²) in [5, 5.41) is 2.62. The molecule has 118 valence electrons. The molecule has 2 aromatic rings. The van der Waals surface area contributed by atoms with Gasteiger partial charge in [-0.3, -0.25) is 14.5 Å². The third kappa shape index (κ3) is 3.48. The van der Waals surface area contributed by atoms with Gasteiger partial charge in [-0.2, -0.15) is 0 Å².